The van der Waals surface area contributed by atoms with Crippen molar-refractivity contribution >= 4 is 12.3 Å². The molecule has 0 aromatic rings. The number of ether oxygens (including phenoxy) is 1. The lowest BCUT2D eigenvalue weighted by Gasteiger charge is -2.21. The molecule has 0 bridgehead atoms. The van der Waals surface area contributed by atoms with Crippen molar-refractivity contribution in [2.45, 2.75) is 18.4 Å². The third kappa shape index (κ3) is 2.98. The van der Waals surface area contributed by atoms with E-state index in [1.54, 1.807) is 0 Å². The molecule has 0 saturated carbocycles. The molecule has 3 N–H and O–H groups in total. The lowest BCUT2D eigenvalue weighted by atomic mass is 9.94. The first-order chi connectivity index (χ1) is 5.56. The zero-order valence-corrected chi connectivity index (χ0v) is 6.95. The fraction of sp³-hybridized carbons (Fsp3) is 0.714. The minimum Gasteiger partial charge on any atom is -0.480 e. The monoisotopic (exact) mass is 175 g/mol. The van der Waals surface area contributed by atoms with Gasteiger partial charge in [-0.05, 0) is 6.42 Å². The maximum absolute atomic E-state index is 10.6. The number of nitrogens with two attached hydrogens (primary N) is 1. The fourth-order valence-corrected chi connectivity index (χ4v) is 0.729. The first-order valence-electron chi connectivity index (χ1n) is 3.51. The van der Waals surface area contributed by atoms with Crippen molar-refractivity contribution in [3.05, 3.63) is 0 Å². The van der Waals surface area contributed by atoms with Crippen LogP contribution in [0.3, 0.4) is 0 Å². The van der Waals surface area contributed by atoms with Gasteiger partial charge in [0.2, 0.25) is 0 Å². The smallest absolute Gasteiger partial charge is 0.324 e. The molecule has 0 amide bonds. The van der Waals surface area contributed by atoms with Crippen LogP contribution in [0.15, 0.2) is 0 Å². The van der Waals surface area contributed by atoms with Crippen molar-refractivity contribution in [3.8, 4) is 0 Å². The van der Waals surface area contributed by atoms with Gasteiger partial charge < -0.3 is 20.4 Å². The Balaban J connectivity index is 4.17. The van der Waals surface area contributed by atoms with Crippen LogP contribution < -0.4 is 5.73 Å². The number of hydrogen-bond acceptors (Lipinski definition) is 4. The largest absolute Gasteiger partial charge is 0.480 e. The number of carboxylic acids is 1. The van der Waals surface area contributed by atoms with E-state index in [0.717, 1.165) is 0 Å². The van der Waals surface area contributed by atoms with Crippen LogP contribution in [0.2, 0.25) is 0 Å². The normalized spacial score (nSPS) is 15.2. The van der Waals surface area contributed by atoms with Crippen LogP contribution in [0.5, 0.6) is 0 Å². The molecule has 0 aliphatic heterocycles. The third-order valence-electron chi connectivity index (χ3n) is 1.63. The summed E-state index contributed by atoms with van der Waals surface area (Å²) in [5.41, 5.74) is 3.95. The molecule has 5 nitrogen and oxygen atoms in total. The second-order valence-electron chi connectivity index (χ2n) is 2.57. The lowest BCUT2D eigenvalue weighted by Crippen LogP contribution is -2.49. The highest BCUT2D eigenvalue weighted by molar-refractivity contribution is 5.81. The van der Waals surface area contributed by atoms with Gasteiger partial charge in [0, 0.05) is 20.1 Å². The average molecular weight is 175 g/mol. The SMILES string of the molecule is COCCC(N)(CC=O)C(=O)O. The van der Waals surface area contributed by atoms with Gasteiger partial charge in [-0.3, -0.25) is 4.79 Å². The zero-order valence-electron chi connectivity index (χ0n) is 6.95. The lowest BCUT2D eigenvalue weighted by molar-refractivity contribution is -0.145. The molecular formula is C7H13NO4. The van der Waals surface area contributed by atoms with Gasteiger partial charge in [-0.15, -0.1) is 0 Å². The van der Waals surface area contributed by atoms with E-state index in [1.165, 1.54) is 7.11 Å². The number of rotatable bonds is 6. The molecule has 0 aromatic carbocycles. The summed E-state index contributed by atoms with van der Waals surface area (Å²) < 4.78 is 4.67. The number of aldehydes is 1. The maximum Gasteiger partial charge on any atom is 0.324 e. The zero-order chi connectivity index (χ0) is 9.61. The minimum atomic E-state index is -1.47. The van der Waals surface area contributed by atoms with Crippen LogP contribution in [-0.4, -0.2) is 36.6 Å². The van der Waals surface area contributed by atoms with Crippen molar-refractivity contribution in [2.24, 2.45) is 5.73 Å². The van der Waals surface area contributed by atoms with Gasteiger partial charge in [0.25, 0.3) is 0 Å². The van der Waals surface area contributed by atoms with E-state index in [-0.39, 0.29) is 19.4 Å². The van der Waals surface area contributed by atoms with Gasteiger partial charge in [0.1, 0.15) is 11.8 Å². The Labute approximate surface area is 70.5 Å². The Kier molecular flexibility index (Phi) is 4.46. The Morgan fingerprint density at radius 3 is 2.67 bits per heavy atom. The minimum absolute atomic E-state index is 0.136. The molecule has 0 spiro atoms. The van der Waals surface area contributed by atoms with Crippen molar-refractivity contribution in [1.29, 1.82) is 0 Å². The highest BCUT2D eigenvalue weighted by Gasteiger charge is 2.32. The molecule has 70 valence electrons. The molecule has 0 saturated heterocycles. The van der Waals surface area contributed by atoms with Gasteiger partial charge in [-0.2, -0.15) is 0 Å². The van der Waals surface area contributed by atoms with Crippen LogP contribution >= 0.6 is 0 Å². The molecule has 1 unspecified atom stereocenters. The predicted molar refractivity (Wildman–Crippen MR) is 41.7 cm³/mol. The molecule has 0 fully saturated rings. The number of carbonyl (C=O) groups is 2. The summed E-state index contributed by atoms with van der Waals surface area (Å²) in [4.78, 5) is 20.7. The van der Waals surface area contributed by atoms with Crippen molar-refractivity contribution in [3.63, 3.8) is 0 Å². The summed E-state index contributed by atoms with van der Waals surface area (Å²) in [6.07, 6.45) is 0.451. The Morgan fingerprint density at radius 1 is 1.75 bits per heavy atom. The Hall–Kier alpha value is -0.940. The number of hydrogen-bond donors (Lipinski definition) is 2. The highest BCUT2D eigenvalue weighted by atomic mass is 16.5. The number of aliphatic carboxylic acids is 1. The van der Waals surface area contributed by atoms with E-state index in [1.807, 2.05) is 0 Å². The highest BCUT2D eigenvalue weighted by Crippen LogP contribution is 2.10. The van der Waals surface area contributed by atoms with Crippen LogP contribution in [0.25, 0.3) is 0 Å². The van der Waals surface area contributed by atoms with Crippen molar-refractivity contribution in [1.82, 2.24) is 0 Å². The fourth-order valence-electron chi connectivity index (χ4n) is 0.729. The van der Waals surface area contributed by atoms with E-state index in [0.29, 0.717) is 6.29 Å². The summed E-state index contributed by atoms with van der Waals surface area (Å²) in [6.45, 7) is 0.233. The van der Waals surface area contributed by atoms with E-state index in [2.05, 4.69) is 4.74 Å². The van der Waals surface area contributed by atoms with E-state index >= 15 is 0 Å². The summed E-state index contributed by atoms with van der Waals surface area (Å²) in [5.74, 6) is -1.17. The standard InChI is InChI=1S/C7H13NO4/c1-12-5-3-7(8,2-4-9)6(10)11/h4H,2-3,5,8H2,1H3,(H,10,11). The van der Waals surface area contributed by atoms with Gasteiger partial charge in [-0.1, -0.05) is 0 Å². The van der Waals surface area contributed by atoms with Crippen molar-refractivity contribution in [2.75, 3.05) is 13.7 Å². The number of carbonyl (C=O) groups excluding carboxylic acids is 1. The summed E-state index contributed by atoms with van der Waals surface area (Å²) in [5, 5.41) is 8.65. The number of methoxy groups -OCH3 is 1. The van der Waals surface area contributed by atoms with E-state index in [9.17, 15) is 9.59 Å². The molecule has 12 heavy (non-hydrogen) atoms. The van der Waals surface area contributed by atoms with Gasteiger partial charge >= 0.3 is 5.97 Å². The first kappa shape index (κ1) is 11.1. The van der Waals surface area contributed by atoms with Crippen molar-refractivity contribution < 1.29 is 19.4 Å². The van der Waals surface area contributed by atoms with Crippen LogP contribution in [0.4, 0.5) is 0 Å². The van der Waals surface area contributed by atoms with E-state index < -0.39 is 11.5 Å². The molecular weight excluding hydrogens is 162 g/mol. The van der Waals surface area contributed by atoms with Crippen LogP contribution in [-0.2, 0) is 14.3 Å². The van der Waals surface area contributed by atoms with Gasteiger partial charge in [0.15, 0.2) is 0 Å². The molecule has 0 radical (unpaired) electrons. The summed E-state index contributed by atoms with van der Waals surface area (Å²) >= 11 is 0. The molecule has 0 heterocycles. The third-order valence-corrected chi connectivity index (χ3v) is 1.63. The predicted octanol–water partition coefficient (Wildman–Crippen LogP) is -0.606. The van der Waals surface area contributed by atoms with E-state index in [4.69, 9.17) is 10.8 Å². The van der Waals surface area contributed by atoms with Crippen LogP contribution in [0.1, 0.15) is 12.8 Å². The molecule has 5 heteroatoms. The topological polar surface area (TPSA) is 89.6 Å². The first-order valence-corrected chi connectivity index (χ1v) is 3.51. The molecule has 1 atom stereocenters. The molecule has 0 aromatic heterocycles. The molecule has 0 aliphatic rings. The van der Waals surface area contributed by atoms with Gasteiger partial charge in [0.05, 0.1) is 0 Å². The summed E-state index contributed by atoms with van der Waals surface area (Å²) in [7, 11) is 1.45. The van der Waals surface area contributed by atoms with Crippen LogP contribution in [0, 0.1) is 0 Å². The Morgan fingerprint density at radius 2 is 2.33 bits per heavy atom. The molecule has 0 aliphatic carbocycles. The quantitative estimate of drug-likeness (QED) is 0.526. The average Bonchev–Trinajstić information content (AvgIpc) is 2.01. The second kappa shape index (κ2) is 4.84. The maximum atomic E-state index is 10.6. The number of carboxylic acid groups (broad SMARTS) is 1. The second-order valence-corrected chi connectivity index (χ2v) is 2.57. The Bertz CT molecular complexity index is 171. The summed E-state index contributed by atoms with van der Waals surface area (Å²) in [6, 6.07) is 0. The molecule has 0 rings (SSSR count). The van der Waals surface area contributed by atoms with Gasteiger partial charge in [-0.25, -0.2) is 0 Å².